The normalized spacial score (nSPS) is 16.7. The lowest BCUT2D eigenvalue weighted by Gasteiger charge is -2.22. The van der Waals surface area contributed by atoms with Gasteiger partial charge in [-0.1, -0.05) is 53.2 Å². The van der Waals surface area contributed by atoms with Crippen LogP contribution in [0.5, 0.6) is 0 Å². The lowest BCUT2D eigenvalue weighted by molar-refractivity contribution is 0.193. The summed E-state index contributed by atoms with van der Waals surface area (Å²) in [4.78, 5) is 18.9. The number of para-hydroxylation sites is 1. The summed E-state index contributed by atoms with van der Waals surface area (Å²) in [5.41, 5.74) is 2.86. The first-order valence-corrected chi connectivity index (χ1v) is 8.74. The highest BCUT2D eigenvalue weighted by Crippen LogP contribution is 2.32. The van der Waals surface area contributed by atoms with Gasteiger partial charge in [-0.05, 0) is 31.9 Å². The van der Waals surface area contributed by atoms with Crippen molar-refractivity contribution in [2.24, 2.45) is 0 Å². The number of likely N-dealkylation sites (tertiary alicyclic amines) is 1. The topological polar surface area (TPSA) is 71.3 Å². The minimum atomic E-state index is -0.189. The molecule has 2 amide bonds. The Balaban J connectivity index is 1.51. The number of nitrogens with one attached hydrogen (secondary N) is 1. The molecular formula is C20H20N4O2. The van der Waals surface area contributed by atoms with Crippen LogP contribution in [0.15, 0.2) is 59.1 Å². The summed E-state index contributed by atoms with van der Waals surface area (Å²) in [6.07, 6.45) is 1.73. The largest absolute Gasteiger partial charge is 0.337 e. The second-order valence-electron chi connectivity index (χ2n) is 6.47. The van der Waals surface area contributed by atoms with Gasteiger partial charge < -0.3 is 14.7 Å². The first kappa shape index (κ1) is 16.3. The summed E-state index contributed by atoms with van der Waals surface area (Å²) in [7, 11) is 0. The van der Waals surface area contributed by atoms with Gasteiger partial charge in [0.2, 0.25) is 11.7 Å². The zero-order valence-corrected chi connectivity index (χ0v) is 14.6. The van der Waals surface area contributed by atoms with Crippen LogP contribution in [0.25, 0.3) is 11.4 Å². The molecule has 1 N–H and O–H groups in total. The van der Waals surface area contributed by atoms with Gasteiger partial charge in [-0.2, -0.15) is 4.98 Å². The molecular weight excluding hydrogens is 328 g/mol. The Bertz CT molecular complexity index is 890. The number of carbonyl (C=O) groups is 1. The third-order valence-corrected chi connectivity index (χ3v) is 4.58. The van der Waals surface area contributed by atoms with Crippen molar-refractivity contribution in [3.8, 4) is 11.4 Å². The van der Waals surface area contributed by atoms with Gasteiger partial charge in [0.25, 0.3) is 0 Å². The fourth-order valence-electron chi connectivity index (χ4n) is 3.17. The van der Waals surface area contributed by atoms with E-state index in [1.807, 2.05) is 61.5 Å². The van der Waals surface area contributed by atoms with Gasteiger partial charge in [-0.15, -0.1) is 0 Å². The van der Waals surface area contributed by atoms with Crippen LogP contribution in [0.2, 0.25) is 0 Å². The Morgan fingerprint density at radius 2 is 1.92 bits per heavy atom. The predicted octanol–water partition coefficient (Wildman–Crippen LogP) is 4.41. The third-order valence-electron chi connectivity index (χ3n) is 4.58. The molecule has 1 unspecified atom stereocenters. The van der Waals surface area contributed by atoms with Crippen LogP contribution in [-0.4, -0.2) is 27.6 Å². The zero-order valence-electron chi connectivity index (χ0n) is 14.6. The number of hydrogen-bond acceptors (Lipinski definition) is 4. The van der Waals surface area contributed by atoms with Crippen LogP contribution in [0, 0.1) is 6.92 Å². The quantitative estimate of drug-likeness (QED) is 0.761. The van der Waals surface area contributed by atoms with Gasteiger partial charge in [-0.25, -0.2) is 4.79 Å². The van der Waals surface area contributed by atoms with E-state index in [0.29, 0.717) is 18.3 Å². The number of anilines is 1. The van der Waals surface area contributed by atoms with Gasteiger partial charge >= 0.3 is 6.03 Å². The molecule has 1 atom stereocenters. The molecule has 1 aliphatic heterocycles. The second-order valence-corrected chi connectivity index (χ2v) is 6.47. The minimum absolute atomic E-state index is 0.145. The van der Waals surface area contributed by atoms with Crippen molar-refractivity contribution in [1.82, 2.24) is 15.0 Å². The molecule has 26 heavy (non-hydrogen) atoms. The van der Waals surface area contributed by atoms with E-state index in [9.17, 15) is 4.79 Å². The van der Waals surface area contributed by atoms with Crippen LogP contribution >= 0.6 is 0 Å². The smallest absolute Gasteiger partial charge is 0.322 e. The summed E-state index contributed by atoms with van der Waals surface area (Å²) in [5.74, 6) is 1.04. The second kappa shape index (κ2) is 7.00. The lowest BCUT2D eigenvalue weighted by atomic mass is 10.1. The molecule has 0 radical (unpaired) electrons. The summed E-state index contributed by atoms with van der Waals surface area (Å²) in [6.45, 7) is 2.71. The van der Waals surface area contributed by atoms with E-state index in [0.717, 1.165) is 24.1 Å². The molecule has 0 saturated carbocycles. The van der Waals surface area contributed by atoms with Crippen molar-refractivity contribution in [2.45, 2.75) is 25.8 Å². The summed E-state index contributed by atoms with van der Waals surface area (Å²) >= 11 is 0. The number of urea groups is 1. The van der Waals surface area contributed by atoms with Crippen LogP contribution in [0.4, 0.5) is 10.5 Å². The molecule has 4 rings (SSSR count). The van der Waals surface area contributed by atoms with E-state index < -0.39 is 0 Å². The van der Waals surface area contributed by atoms with Gasteiger partial charge in [0, 0.05) is 17.8 Å². The number of rotatable bonds is 3. The van der Waals surface area contributed by atoms with Crippen molar-refractivity contribution in [3.05, 3.63) is 66.1 Å². The highest BCUT2D eigenvalue weighted by molar-refractivity contribution is 5.89. The highest BCUT2D eigenvalue weighted by Gasteiger charge is 2.34. The van der Waals surface area contributed by atoms with Crippen LogP contribution in [-0.2, 0) is 0 Å². The fourth-order valence-corrected chi connectivity index (χ4v) is 3.17. The van der Waals surface area contributed by atoms with Crippen molar-refractivity contribution in [2.75, 3.05) is 11.9 Å². The molecule has 1 fully saturated rings. The number of aromatic nitrogens is 2. The molecule has 1 aliphatic rings. The molecule has 3 aromatic rings. The highest BCUT2D eigenvalue weighted by atomic mass is 16.5. The van der Waals surface area contributed by atoms with Crippen molar-refractivity contribution >= 4 is 11.7 Å². The Labute approximate surface area is 151 Å². The molecule has 1 saturated heterocycles. The van der Waals surface area contributed by atoms with E-state index in [1.165, 1.54) is 5.56 Å². The average Bonchev–Trinajstić information content (AvgIpc) is 3.32. The number of amides is 2. The SMILES string of the molecule is Cc1ccc(-c2noc(C3CCCN3C(=O)Nc3ccccc3)n2)cc1. The molecule has 132 valence electrons. The van der Waals surface area contributed by atoms with Crippen molar-refractivity contribution < 1.29 is 9.32 Å². The van der Waals surface area contributed by atoms with Crippen LogP contribution in [0.1, 0.15) is 30.3 Å². The van der Waals surface area contributed by atoms with Gasteiger partial charge in [0.1, 0.15) is 6.04 Å². The minimum Gasteiger partial charge on any atom is -0.337 e. The molecule has 0 spiro atoms. The molecule has 2 aromatic carbocycles. The molecule has 6 nitrogen and oxygen atoms in total. The Morgan fingerprint density at radius 3 is 2.69 bits per heavy atom. The van der Waals surface area contributed by atoms with Gasteiger partial charge in [-0.3, -0.25) is 0 Å². The van der Waals surface area contributed by atoms with E-state index in [4.69, 9.17) is 4.52 Å². The molecule has 6 heteroatoms. The first-order valence-electron chi connectivity index (χ1n) is 8.74. The van der Waals surface area contributed by atoms with Gasteiger partial charge in [0.15, 0.2) is 0 Å². The van der Waals surface area contributed by atoms with Crippen LogP contribution in [0.3, 0.4) is 0 Å². The molecule has 1 aromatic heterocycles. The fraction of sp³-hybridized carbons (Fsp3) is 0.250. The number of aryl methyl sites for hydroxylation is 1. The van der Waals surface area contributed by atoms with Gasteiger partial charge in [0.05, 0.1) is 0 Å². The van der Waals surface area contributed by atoms with E-state index >= 15 is 0 Å². The maximum Gasteiger partial charge on any atom is 0.322 e. The molecule has 2 heterocycles. The molecule has 0 bridgehead atoms. The Morgan fingerprint density at radius 1 is 1.15 bits per heavy atom. The lowest BCUT2D eigenvalue weighted by Crippen LogP contribution is -2.34. The first-order chi connectivity index (χ1) is 12.7. The zero-order chi connectivity index (χ0) is 17.9. The van der Waals surface area contributed by atoms with Crippen LogP contribution < -0.4 is 5.32 Å². The van der Waals surface area contributed by atoms with Crippen molar-refractivity contribution in [1.29, 1.82) is 0 Å². The number of carbonyl (C=O) groups excluding carboxylic acids is 1. The standard InChI is InChI=1S/C20H20N4O2/c1-14-9-11-15(12-10-14)18-22-19(26-23-18)17-8-5-13-24(17)20(25)21-16-6-3-2-4-7-16/h2-4,6-7,9-12,17H,5,8,13H2,1H3,(H,21,25). The average molecular weight is 348 g/mol. The number of nitrogens with zero attached hydrogens (tertiary/aromatic N) is 3. The maximum atomic E-state index is 12.6. The summed E-state index contributed by atoms with van der Waals surface area (Å²) < 4.78 is 5.48. The van der Waals surface area contributed by atoms with E-state index in [-0.39, 0.29) is 12.1 Å². The predicted molar refractivity (Wildman–Crippen MR) is 98.6 cm³/mol. The molecule has 0 aliphatic carbocycles. The number of hydrogen-bond donors (Lipinski definition) is 1. The monoisotopic (exact) mass is 348 g/mol. The van der Waals surface area contributed by atoms with E-state index in [2.05, 4.69) is 15.5 Å². The maximum absolute atomic E-state index is 12.6. The third kappa shape index (κ3) is 3.31. The number of benzene rings is 2. The Hall–Kier alpha value is -3.15. The summed E-state index contributed by atoms with van der Waals surface area (Å²) in [6, 6.07) is 17.1. The van der Waals surface area contributed by atoms with Crippen molar-refractivity contribution in [3.63, 3.8) is 0 Å². The Kier molecular flexibility index (Phi) is 4.39. The summed E-state index contributed by atoms with van der Waals surface area (Å²) in [5, 5.41) is 7.02. The van der Waals surface area contributed by atoms with E-state index in [1.54, 1.807) is 4.90 Å².